The minimum absolute atomic E-state index is 0.0670. The summed E-state index contributed by atoms with van der Waals surface area (Å²) in [5.41, 5.74) is 2.08. The Bertz CT molecular complexity index is 687. The summed E-state index contributed by atoms with van der Waals surface area (Å²) in [6.45, 7) is 0.629. The lowest BCUT2D eigenvalue weighted by Gasteiger charge is -2.02. The first kappa shape index (κ1) is 13.8. The van der Waals surface area contributed by atoms with Gasteiger partial charge in [0.1, 0.15) is 0 Å². The van der Waals surface area contributed by atoms with Gasteiger partial charge in [0, 0.05) is 25.6 Å². The molecular formula is C15H16N4OS. The Balaban J connectivity index is 1.44. The number of aromatic amines is 1. The van der Waals surface area contributed by atoms with Gasteiger partial charge in [-0.1, -0.05) is 12.1 Å². The van der Waals surface area contributed by atoms with Gasteiger partial charge in [0.25, 0.3) is 0 Å². The number of nitrogens with zero attached hydrogens (tertiary/aromatic N) is 2. The van der Waals surface area contributed by atoms with Gasteiger partial charge < -0.3 is 5.32 Å². The predicted octanol–water partition coefficient (Wildman–Crippen LogP) is 2.31. The molecule has 3 rings (SSSR count). The van der Waals surface area contributed by atoms with Gasteiger partial charge in [0.05, 0.1) is 21.4 Å². The van der Waals surface area contributed by atoms with Crippen molar-refractivity contribution >= 4 is 27.5 Å². The standard InChI is InChI=1S/C15H16N4OS/c20-14(6-5-11-9-17-18-10-11)16-8-7-15-19-12-3-1-2-4-13(12)21-15/h1-4,9-10H,5-8H2,(H,16,20)(H,17,18). The van der Waals surface area contributed by atoms with Crippen molar-refractivity contribution < 1.29 is 4.79 Å². The van der Waals surface area contributed by atoms with Crippen LogP contribution in [0.5, 0.6) is 0 Å². The van der Waals surface area contributed by atoms with Crippen LogP contribution in [0.4, 0.5) is 0 Å². The highest BCUT2D eigenvalue weighted by molar-refractivity contribution is 7.18. The highest BCUT2D eigenvalue weighted by Gasteiger charge is 2.05. The second-order valence-corrected chi connectivity index (χ2v) is 5.90. The molecule has 108 valence electrons. The molecule has 2 N–H and O–H groups in total. The number of H-pyrrole nitrogens is 1. The van der Waals surface area contributed by atoms with E-state index in [4.69, 9.17) is 0 Å². The third-order valence-corrected chi connectivity index (χ3v) is 4.29. The first-order chi connectivity index (χ1) is 10.3. The number of nitrogens with one attached hydrogen (secondary N) is 2. The van der Waals surface area contributed by atoms with Crippen LogP contribution in [-0.4, -0.2) is 27.6 Å². The van der Waals surface area contributed by atoms with Crippen molar-refractivity contribution in [2.75, 3.05) is 6.54 Å². The van der Waals surface area contributed by atoms with Gasteiger partial charge in [-0.2, -0.15) is 5.10 Å². The number of amides is 1. The summed E-state index contributed by atoms with van der Waals surface area (Å²) < 4.78 is 1.19. The van der Waals surface area contributed by atoms with E-state index in [1.165, 1.54) is 4.70 Å². The highest BCUT2D eigenvalue weighted by Crippen LogP contribution is 2.21. The second-order valence-electron chi connectivity index (χ2n) is 4.78. The number of hydrogen-bond acceptors (Lipinski definition) is 4. The van der Waals surface area contributed by atoms with E-state index < -0.39 is 0 Å². The van der Waals surface area contributed by atoms with Crippen molar-refractivity contribution in [2.45, 2.75) is 19.3 Å². The lowest BCUT2D eigenvalue weighted by molar-refractivity contribution is -0.121. The molecule has 0 aliphatic heterocycles. The number of thiazole rings is 1. The Hall–Kier alpha value is -2.21. The number of carbonyl (C=O) groups is 1. The zero-order valence-electron chi connectivity index (χ0n) is 11.5. The first-order valence-corrected chi connectivity index (χ1v) is 7.72. The number of fused-ring (bicyclic) bond motifs is 1. The average Bonchev–Trinajstić information content (AvgIpc) is 3.14. The molecule has 0 saturated heterocycles. The van der Waals surface area contributed by atoms with Crippen LogP contribution in [0.3, 0.4) is 0 Å². The first-order valence-electron chi connectivity index (χ1n) is 6.90. The van der Waals surface area contributed by atoms with Crippen LogP contribution in [0.25, 0.3) is 10.2 Å². The third kappa shape index (κ3) is 3.66. The van der Waals surface area contributed by atoms with Gasteiger partial charge in [-0.15, -0.1) is 11.3 Å². The molecule has 0 atom stereocenters. The van der Waals surface area contributed by atoms with E-state index >= 15 is 0 Å². The Labute approximate surface area is 126 Å². The smallest absolute Gasteiger partial charge is 0.220 e. The number of aromatic nitrogens is 3. The largest absolute Gasteiger partial charge is 0.356 e. The molecule has 0 bridgehead atoms. The number of aryl methyl sites for hydroxylation is 1. The molecule has 0 fully saturated rings. The van der Waals surface area contributed by atoms with Crippen molar-refractivity contribution in [3.63, 3.8) is 0 Å². The summed E-state index contributed by atoms with van der Waals surface area (Å²) >= 11 is 1.69. The third-order valence-electron chi connectivity index (χ3n) is 3.19. The molecule has 1 aromatic carbocycles. The van der Waals surface area contributed by atoms with E-state index in [0.29, 0.717) is 19.4 Å². The summed E-state index contributed by atoms with van der Waals surface area (Å²) in [7, 11) is 0. The van der Waals surface area contributed by atoms with E-state index in [2.05, 4.69) is 26.6 Å². The molecule has 1 amide bonds. The van der Waals surface area contributed by atoms with E-state index in [1.54, 1.807) is 17.5 Å². The number of rotatable bonds is 6. The fraction of sp³-hybridized carbons (Fsp3) is 0.267. The molecular weight excluding hydrogens is 284 g/mol. The molecule has 2 aromatic heterocycles. The molecule has 0 saturated carbocycles. The zero-order valence-corrected chi connectivity index (χ0v) is 12.3. The maximum atomic E-state index is 11.7. The second kappa shape index (κ2) is 6.49. The normalized spacial score (nSPS) is 10.9. The van der Waals surface area contributed by atoms with Gasteiger partial charge in [-0.25, -0.2) is 4.98 Å². The summed E-state index contributed by atoms with van der Waals surface area (Å²) in [5, 5.41) is 10.6. The van der Waals surface area contributed by atoms with E-state index in [9.17, 15) is 4.79 Å². The molecule has 21 heavy (non-hydrogen) atoms. The van der Waals surface area contributed by atoms with E-state index in [0.717, 1.165) is 22.5 Å². The molecule has 0 spiro atoms. The van der Waals surface area contributed by atoms with Crippen LogP contribution in [0, 0.1) is 0 Å². The van der Waals surface area contributed by atoms with E-state index in [-0.39, 0.29) is 5.91 Å². The number of benzene rings is 1. The number of carbonyl (C=O) groups excluding carboxylic acids is 1. The quantitative estimate of drug-likeness (QED) is 0.734. The molecule has 0 aliphatic rings. The topological polar surface area (TPSA) is 70.7 Å². The minimum Gasteiger partial charge on any atom is -0.356 e. The molecule has 0 radical (unpaired) electrons. The molecule has 0 unspecified atom stereocenters. The van der Waals surface area contributed by atoms with Gasteiger partial charge in [0.15, 0.2) is 0 Å². The molecule has 0 aliphatic carbocycles. The van der Waals surface area contributed by atoms with Gasteiger partial charge in [-0.3, -0.25) is 9.89 Å². The SMILES string of the molecule is O=C(CCc1cn[nH]c1)NCCc1nc2ccccc2s1. The van der Waals surface area contributed by atoms with Crippen LogP contribution in [0.1, 0.15) is 17.0 Å². The van der Waals surface area contributed by atoms with Crippen molar-refractivity contribution in [3.05, 3.63) is 47.2 Å². The predicted molar refractivity (Wildman–Crippen MR) is 83.2 cm³/mol. The van der Waals surface area contributed by atoms with Crippen LogP contribution in [-0.2, 0) is 17.6 Å². The summed E-state index contributed by atoms with van der Waals surface area (Å²) in [5.74, 6) is 0.0670. The van der Waals surface area contributed by atoms with Crippen LogP contribution < -0.4 is 5.32 Å². The lowest BCUT2D eigenvalue weighted by atomic mass is 10.2. The van der Waals surface area contributed by atoms with Crippen LogP contribution >= 0.6 is 11.3 Å². The monoisotopic (exact) mass is 300 g/mol. The molecule has 6 heteroatoms. The highest BCUT2D eigenvalue weighted by atomic mass is 32.1. The average molecular weight is 300 g/mol. The number of hydrogen-bond donors (Lipinski definition) is 2. The maximum absolute atomic E-state index is 11.7. The number of para-hydroxylation sites is 1. The molecule has 5 nitrogen and oxygen atoms in total. The van der Waals surface area contributed by atoms with Gasteiger partial charge >= 0.3 is 0 Å². The summed E-state index contributed by atoms with van der Waals surface area (Å²) in [6, 6.07) is 8.09. The van der Waals surface area contributed by atoms with E-state index in [1.807, 2.05) is 24.4 Å². The zero-order chi connectivity index (χ0) is 14.5. The molecule has 2 heterocycles. The Morgan fingerprint density at radius 2 is 2.19 bits per heavy atom. The van der Waals surface area contributed by atoms with Gasteiger partial charge in [0.2, 0.25) is 5.91 Å². The summed E-state index contributed by atoms with van der Waals surface area (Å²) in [4.78, 5) is 16.3. The lowest BCUT2D eigenvalue weighted by Crippen LogP contribution is -2.25. The van der Waals surface area contributed by atoms with Crippen LogP contribution in [0.2, 0.25) is 0 Å². The van der Waals surface area contributed by atoms with Crippen LogP contribution in [0.15, 0.2) is 36.7 Å². The van der Waals surface area contributed by atoms with Gasteiger partial charge in [-0.05, 0) is 24.1 Å². The molecule has 3 aromatic rings. The fourth-order valence-corrected chi connectivity index (χ4v) is 3.06. The van der Waals surface area contributed by atoms with Crippen molar-refractivity contribution in [1.82, 2.24) is 20.5 Å². The van der Waals surface area contributed by atoms with Crippen molar-refractivity contribution in [1.29, 1.82) is 0 Å². The fourth-order valence-electron chi connectivity index (χ4n) is 2.10. The Morgan fingerprint density at radius 1 is 1.29 bits per heavy atom. The summed E-state index contributed by atoms with van der Waals surface area (Å²) in [6.07, 6.45) is 5.53. The Kier molecular flexibility index (Phi) is 4.25. The van der Waals surface area contributed by atoms with Crippen molar-refractivity contribution in [2.24, 2.45) is 0 Å². The Morgan fingerprint density at radius 3 is 3.00 bits per heavy atom. The minimum atomic E-state index is 0.0670. The maximum Gasteiger partial charge on any atom is 0.220 e. The van der Waals surface area contributed by atoms with Crippen molar-refractivity contribution in [3.8, 4) is 0 Å².